The summed E-state index contributed by atoms with van der Waals surface area (Å²) >= 11 is 0. The van der Waals surface area contributed by atoms with Gasteiger partial charge >= 0.3 is 5.97 Å². The Balaban J connectivity index is 2.40. The molecule has 2 aromatic carbocycles. The first-order valence-electron chi connectivity index (χ1n) is 9.21. The molecule has 6 heteroatoms. The van der Waals surface area contributed by atoms with E-state index in [0.29, 0.717) is 5.69 Å². The summed E-state index contributed by atoms with van der Waals surface area (Å²) in [5.41, 5.74) is 9.08. The van der Waals surface area contributed by atoms with Crippen molar-refractivity contribution in [3.8, 4) is 23.0 Å². The topological polar surface area (TPSA) is 98.1 Å². The number of carbonyl (C=O) groups excluding carboxylic acids is 2. The van der Waals surface area contributed by atoms with Crippen molar-refractivity contribution in [1.82, 2.24) is 4.57 Å². The second kappa shape index (κ2) is 8.44. The number of esters is 1. The van der Waals surface area contributed by atoms with E-state index in [0.717, 1.165) is 16.8 Å². The molecule has 6 nitrogen and oxygen atoms in total. The van der Waals surface area contributed by atoms with Gasteiger partial charge in [-0.1, -0.05) is 48.0 Å². The van der Waals surface area contributed by atoms with Crippen LogP contribution in [0.4, 0.5) is 0 Å². The summed E-state index contributed by atoms with van der Waals surface area (Å²) in [5, 5.41) is 9.67. The van der Waals surface area contributed by atoms with Gasteiger partial charge in [-0.05, 0) is 31.5 Å². The Hall–Kier alpha value is -3.85. The van der Waals surface area contributed by atoms with Crippen LogP contribution in [0.2, 0.25) is 0 Å². The maximum absolute atomic E-state index is 12.7. The number of rotatable bonds is 6. The second-order valence-electron chi connectivity index (χ2n) is 6.56. The Morgan fingerprint density at radius 2 is 1.79 bits per heavy atom. The van der Waals surface area contributed by atoms with Crippen LogP contribution < -0.4 is 5.73 Å². The first-order valence-corrected chi connectivity index (χ1v) is 9.21. The standard InChI is InChI=1S/C23H21N3O3/c1-3-29-23(28)19-14-26(17-7-5-4-6-8-17)21(16-11-9-15(2)10-12-16)20(19)18(13-24)22(25)27/h4-12,14,18H,3H2,1-2H3,(H2,25,27). The number of aryl methyl sites for hydroxylation is 1. The highest BCUT2D eigenvalue weighted by molar-refractivity contribution is 5.99. The largest absolute Gasteiger partial charge is 0.462 e. The van der Waals surface area contributed by atoms with Crippen molar-refractivity contribution in [1.29, 1.82) is 5.26 Å². The molecule has 1 unspecified atom stereocenters. The Kier molecular flexibility index (Phi) is 5.79. The Labute approximate surface area is 169 Å². The molecule has 1 aromatic heterocycles. The van der Waals surface area contributed by atoms with Crippen LogP contribution in [0, 0.1) is 18.3 Å². The number of para-hydroxylation sites is 1. The molecule has 0 bridgehead atoms. The molecule has 0 aliphatic rings. The van der Waals surface area contributed by atoms with Crippen molar-refractivity contribution in [3.05, 3.63) is 77.5 Å². The summed E-state index contributed by atoms with van der Waals surface area (Å²) in [5.74, 6) is -2.72. The predicted octanol–water partition coefficient (Wildman–Crippen LogP) is 3.72. The minimum atomic E-state index is -1.30. The van der Waals surface area contributed by atoms with Gasteiger partial charge in [-0.15, -0.1) is 0 Å². The summed E-state index contributed by atoms with van der Waals surface area (Å²) in [6.07, 6.45) is 1.60. The fourth-order valence-corrected chi connectivity index (χ4v) is 3.25. The van der Waals surface area contributed by atoms with E-state index < -0.39 is 17.8 Å². The third-order valence-corrected chi connectivity index (χ3v) is 4.60. The minimum absolute atomic E-state index is 0.150. The number of carbonyl (C=O) groups is 2. The normalized spacial score (nSPS) is 11.5. The zero-order chi connectivity index (χ0) is 21.0. The van der Waals surface area contributed by atoms with Gasteiger partial charge < -0.3 is 15.0 Å². The average molecular weight is 387 g/mol. The number of benzene rings is 2. The Bertz CT molecular complexity index is 1080. The first-order chi connectivity index (χ1) is 14.0. The van der Waals surface area contributed by atoms with E-state index in [1.807, 2.05) is 67.6 Å². The lowest BCUT2D eigenvalue weighted by Gasteiger charge is -2.14. The molecule has 0 spiro atoms. The van der Waals surface area contributed by atoms with Gasteiger partial charge in [0.05, 0.1) is 23.9 Å². The van der Waals surface area contributed by atoms with Gasteiger partial charge in [-0.2, -0.15) is 5.26 Å². The number of nitriles is 1. The second-order valence-corrected chi connectivity index (χ2v) is 6.56. The number of ether oxygens (including phenoxy) is 1. The molecule has 0 saturated carbocycles. The van der Waals surface area contributed by atoms with Crippen molar-refractivity contribution < 1.29 is 14.3 Å². The smallest absolute Gasteiger partial charge is 0.340 e. The van der Waals surface area contributed by atoms with Crippen molar-refractivity contribution in [2.75, 3.05) is 6.61 Å². The van der Waals surface area contributed by atoms with Gasteiger partial charge in [0, 0.05) is 17.4 Å². The zero-order valence-electron chi connectivity index (χ0n) is 16.3. The molecule has 0 aliphatic carbocycles. The zero-order valence-corrected chi connectivity index (χ0v) is 16.3. The van der Waals surface area contributed by atoms with E-state index in [-0.39, 0.29) is 17.7 Å². The van der Waals surface area contributed by atoms with Crippen molar-refractivity contribution in [2.24, 2.45) is 5.73 Å². The van der Waals surface area contributed by atoms with E-state index in [4.69, 9.17) is 10.5 Å². The number of hydrogen-bond acceptors (Lipinski definition) is 4. The van der Waals surface area contributed by atoms with E-state index >= 15 is 0 Å². The van der Waals surface area contributed by atoms with Crippen LogP contribution in [0.1, 0.15) is 34.3 Å². The maximum Gasteiger partial charge on any atom is 0.340 e. The SMILES string of the molecule is CCOC(=O)c1cn(-c2ccccc2)c(-c2ccc(C)cc2)c1C(C#N)C(N)=O. The van der Waals surface area contributed by atoms with E-state index in [9.17, 15) is 14.9 Å². The summed E-state index contributed by atoms with van der Waals surface area (Å²) in [6, 6.07) is 18.9. The molecule has 0 fully saturated rings. The van der Waals surface area contributed by atoms with Crippen LogP contribution in [-0.2, 0) is 9.53 Å². The molecule has 29 heavy (non-hydrogen) atoms. The van der Waals surface area contributed by atoms with Crippen LogP contribution in [0.25, 0.3) is 16.9 Å². The number of aromatic nitrogens is 1. The molecular formula is C23H21N3O3. The summed E-state index contributed by atoms with van der Waals surface area (Å²) < 4.78 is 6.98. The monoisotopic (exact) mass is 387 g/mol. The van der Waals surface area contributed by atoms with Gasteiger partial charge in [0.25, 0.3) is 0 Å². The molecule has 0 radical (unpaired) electrons. The van der Waals surface area contributed by atoms with Gasteiger partial charge in [0.15, 0.2) is 5.92 Å². The summed E-state index contributed by atoms with van der Waals surface area (Å²) in [6.45, 7) is 3.83. The minimum Gasteiger partial charge on any atom is -0.462 e. The highest BCUT2D eigenvalue weighted by Crippen LogP contribution is 2.36. The van der Waals surface area contributed by atoms with Gasteiger partial charge in [-0.25, -0.2) is 4.79 Å². The highest BCUT2D eigenvalue weighted by Gasteiger charge is 2.32. The van der Waals surface area contributed by atoms with Gasteiger partial charge in [-0.3, -0.25) is 4.79 Å². The van der Waals surface area contributed by atoms with Crippen molar-refractivity contribution in [3.63, 3.8) is 0 Å². The van der Waals surface area contributed by atoms with E-state index in [2.05, 4.69) is 0 Å². The molecule has 0 saturated heterocycles. The molecule has 0 aliphatic heterocycles. The molecule has 1 heterocycles. The lowest BCUT2D eigenvalue weighted by Crippen LogP contribution is -2.22. The number of nitrogens with zero attached hydrogens (tertiary/aromatic N) is 2. The van der Waals surface area contributed by atoms with Crippen LogP contribution in [0.5, 0.6) is 0 Å². The third-order valence-electron chi connectivity index (χ3n) is 4.60. The van der Waals surface area contributed by atoms with Gasteiger partial charge in [0.1, 0.15) is 0 Å². The molecule has 3 rings (SSSR count). The van der Waals surface area contributed by atoms with Crippen LogP contribution >= 0.6 is 0 Å². The average Bonchev–Trinajstić information content (AvgIpc) is 3.10. The fraction of sp³-hybridized carbons (Fsp3) is 0.174. The summed E-state index contributed by atoms with van der Waals surface area (Å²) in [7, 11) is 0. The van der Waals surface area contributed by atoms with E-state index in [1.165, 1.54) is 0 Å². The van der Waals surface area contributed by atoms with Crippen molar-refractivity contribution in [2.45, 2.75) is 19.8 Å². The fourth-order valence-electron chi connectivity index (χ4n) is 3.25. The highest BCUT2D eigenvalue weighted by atomic mass is 16.5. The number of hydrogen-bond donors (Lipinski definition) is 1. The van der Waals surface area contributed by atoms with E-state index in [1.54, 1.807) is 17.7 Å². The number of primary amides is 1. The Morgan fingerprint density at radius 1 is 1.14 bits per heavy atom. The maximum atomic E-state index is 12.7. The van der Waals surface area contributed by atoms with Gasteiger partial charge in [0.2, 0.25) is 5.91 Å². The molecule has 146 valence electrons. The molecule has 2 N–H and O–H groups in total. The lowest BCUT2D eigenvalue weighted by molar-refractivity contribution is -0.118. The Morgan fingerprint density at radius 3 is 2.34 bits per heavy atom. The predicted molar refractivity (Wildman–Crippen MR) is 109 cm³/mol. The number of nitrogens with two attached hydrogens (primary N) is 1. The van der Waals surface area contributed by atoms with Crippen molar-refractivity contribution >= 4 is 11.9 Å². The molecule has 1 atom stereocenters. The van der Waals surface area contributed by atoms with Crippen LogP contribution in [0.3, 0.4) is 0 Å². The van der Waals surface area contributed by atoms with Crippen LogP contribution in [0.15, 0.2) is 60.8 Å². The first kappa shape index (κ1) is 19.9. The lowest BCUT2D eigenvalue weighted by atomic mass is 9.92. The third kappa shape index (κ3) is 3.90. The van der Waals surface area contributed by atoms with Crippen LogP contribution in [-0.4, -0.2) is 23.1 Å². The molecule has 3 aromatic rings. The molecular weight excluding hydrogens is 366 g/mol. The number of amides is 1. The summed E-state index contributed by atoms with van der Waals surface area (Å²) in [4.78, 5) is 24.8. The molecule has 1 amide bonds. The quantitative estimate of drug-likeness (QED) is 0.652.